The molecule has 0 spiro atoms. The molecule has 1 aromatic heterocycles. The number of fused-ring (bicyclic) bond motifs is 1. The van der Waals surface area contributed by atoms with Gasteiger partial charge in [-0.15, -0.1) is 0 Å². The van der Waals surface area contributed by atoms with Gasteiger partial charge in [0.25, 0.3) is 0 Å². The molecule has 2 rings (SSSR count). The maximum Gasteiger partial charge on any atom is 0.215 e. The number of hydrogen-bond donors (Lipinski definition) is 0. The minimum Gasteiger partial charge on any atom is -0.478 e. The summed E-state index contributed by atoms with van der Waals surface area (Å²) in [7, 11) is 0. The topological polar surface area (TPSA) is 27.1 Å². The van der Waals surface area contributed by atoms with Gasteiger partial charge in [0.2, 0.25) is 5.88 Å². The van der Waals surface area contributed by atoms with Crippen molar-refractivity contribution < 1.29 is 4.74 Å². The summed E-state index contributed by atoms with van der Waals surface area (Å²) in [6.07, 6.45) is 4.09. The largest absolute Gasteiger partial charge is 0.478 e. The second-order valence-electron chi connectivity index (χ2n) is 4.00. The summed E-state index contributed by atoms with van der Waals surface area (Å²) in [5, 5.41) is 4.30. The highest BCUT2D eigenvalue weighted by atomic mass is 16.5. The molecule has 13 heavy (non-hydrogen) atoms. The number of hydrogen-bond acceptors (Lipinski definition) is 2. The minimum absolute atomic E-state index is 0.666. The Balaban J connectivity index is 2.21. The second-order valence-corrected chi connectivity index (χ2v) is 4.00. The lowest BCUT2D eigenvalue weighted by atomic mass is 10.1. The summed E-state index contributed by atoms with van der Waals surface area (Å²) in [5.74, 6) is 1.67. The Morgan fingerprint density at radius 1 is 1.62 bits per heavy atom. The summed E-state index contributed by atoms with van der Waals surface area (Å²) < 4.78 is 7.57. The molecule has 0 fully saturated rings. The SMILES string of the molecule is CC(C)Cc1cnn2c1OCCC2. The van der Waals surface area contributed by atoms with E-state index in [0.29, 0.717) is 5.92 Å². The van der Waals surface area contributed by atoms with Crippen LogP contribution in [0.4, 0.5) is 0 Å². The molecule has 3 nitrogen and oxygen atoms in total. The van der Waals surface area contributed by atoms with E-state index in [4.69, 9.17) is 4.74 Å². The van der Waals surface area contributed by atoms with Crippen LogP contribution in [-0.4, -0.2) is 16.4 Å². The lowest BCUT2D eigenvalue weighted by Crippen LogP contribution is -2.15. The van der Waals surface area contributed by atoms with Crippen molar-refractivity contribution in [2.45, 2.75) is 33.2 Å². The van der Waals surface area contributed by atoms with E-state index in [1.807, 2.05) is 10.9 Å². The minimum atomic E-state index is 0.666. The molecule has 1 aromatic rings. The summed E-state index contributed by atoms with van der Waals surface area (Å²) in [5.41, 5.74) is 1.26. The first-order chi connectivity index (χ1) is 6.27. The average Bonchev–Trinajstić information content (AvgIpc) is 2.48. The first-order valence-corrected chi connectivity index (χ1v) is 4.95. The quantitative estimate of drug-likeness (QED) is 0.694. The molecular formula is C10H16N2O. The first-order valence-electron chi connectivity index (χ1n) is 4.95. The van der Waals surface area contributed by atoms with E-state index in [0.717, 1.165) is 31.9 Å². The van der Waals surface area contributed by atoms with Crippen molar-refractivity contribution in [1.82, 2.24) is 9.78 Å². The van der Waals surface area contributed by atoms with E-state index in [1.54, 1.807) is 0 Å². The van der Waals surface area contributed by atoms with Gasteiger partial charge in [0, 0.05) is 18.5 Å². The van der Waals surface area contributed by atoms with Crippen molar-refractivity contribution in [2.24, 2.45) is 5.92 Å². The molecule has 1 aliphatic rings. The monoisotopic (exact) mass is 180 g/mol. The molecule has 1 aliphatic heterocycles. The van der Waals surface area contributed by atoms with E-state index in [1.165, 1.54) is 5.56 Å². The van der Waals surface area contributed by atoms with Crippen molar-refractivity contribution >= 4 is 0 Å². The predicted octanol–water partition coefficient (Wildman–Crippen LogP) is 1.86. The van der Waals surface area contributed by atoms with Crippen LogP contribution in [0, 0.1) is 5.92 Å². The van der Waals surface area contributed by atoms with Gasteiger partial charge in [0.1, 0.15) is 0 Å². The molecule has 0 radical (unpaired) electrons. The van der Waals surface area contributed by atoms with E-state index in [9.17, 15) is 0 Å². The molecular weight excluding hydrogens is 164 g/mol. The maximum absolute atomic E-state index is 5.60. The molecule has 0 aliphatic carbocycles. The van der Waals surface area contributed by atoms with Crippen LogP contribution in [0.3, 0.4) is 0 Å². The fraction of sp³-hybridized carbons (Fsp3) is 0.700. The molecule has 72 valence electrons. The van der Waals surface area contributed by atoms with Gasteiger partial charge in [0.05, 0.1) is 12.8 Å². The molecule has 0 saturated carbocycles. The van der Waals surface area contributed by atoms with Crippen LogP contribution >= 0.6 is 0 Å². The van der Waals surface area contributed by atoms with Gasteiger partial charge in [-0.25, -0.2) is 4.68 Å². The van der Waals surface area contributed by atoms with Gasteiger partial charge in [-0.1, -0.05) is 13.8 Å². The number of ether oxygens (including phenoxy) is 1. The van der Waals surface area contributed by atoms with Gasteiger partial charge >= 0.3 is 0 Å². The van der Waals surface area contributed by atoms with Gasteiger partial charge in [-0.2, -0.15) is 5.10 Å². The van der Waals surface area contributed by atoms with Crippen LogP contribution < -0.4 is 4.74 Å². The number of aryl methyl sites for hydroxylation is 1. The van der Waals surface area contributed by atoms with Gasteiger partial charge in [-0.05, 0) is 12.3 Å². The Kier molecular flexibility index (Phi) is 2.25. The van der Waals surface area contributed by atoms with Crippen LogP contribution in [0.5, 0.6) is 5.88 Å². The highest BCUT2D eigenvalue weighted by Crippen LogP contribution is 2.24. The number of aromatic nitrogens is 2. The summed E-state index contributed by atoms with van der Waals surface area (Å²) in [6.45, 7) is 6.28. The third-order valence-corrected chi connectivity index (χ3v) is 2.24. The Labute approximate surface area is 78.7 Å². The third kappa shape index (κ3) is 1.69. The predicted molar refractivity (Wildman–Crippen MR) is 50.9 cm³/mol. The fourth-order valence-electron chi connectivity index (χ4n) is 1.70. The Morgan fingerprint density at radius 2 is 2.46 bits per heavy atom. The van der Waals surface area contributed by atoms with Crippen LogP contribution in [0.25, 0.3) is 0 Å². The molecule has 0 saturated heterocycles. The molecule has 0 bridgehead atoms. The molecule has 0 aromatic carbocycles. The van der Waals surface area contributed by atoms with Crippen LogP contribution in [0.1, 0.15) is 25.8 Å². The van der Waals surface area contributed by atoms with Gasteiger partial charge in [0.15, 0.2) is 0 Å². The maximum atomic E-state index is 5.60. The van der Waals surface area contributed by atoms with Crippen LogP contribution in [-0.2, 0) is 13.0 Å². The summed E-state index contributed by atoms with van der Waals surface area (Å²) in [6, 6.07) is 0. The smallest absolute Gasteiger partial charge is 0.215 e. The zero-order chi connectivity index (χ0) is 9.26. The summed E-state index contributed by atoms with van der Waals surface area (Å²) >= 11 is 0. The van der Waals surface area contributed by atoms with Crippen molar-refractivity contribution in [1.29, 1.82) is 0 Å². The Morgan fingerprint density at radius 3 is 3.23 bits per heavy atom. The van der Waals surface area contributed by atoms with Crippen molar-refractivity contribution in [3.8, 4) is 5.88 Å². The van der Waals surface area contributed by atoms with Crippen molar-refractivity contribution in [3.05, 3.63) is 11.8 Å². The molecule has 0 N–H and O–H groups in total. The van der Waals surface area contributed by atoms with Crippen LogP contribution in [0.2, 0.25) is 0 Å². The number of rotatable bonds is 2. The average molecular weight is 180 g/mol. The lowest BCUT2D eigenvalue weighted by molar-refractivity contribution is 0.227. The van der Waals surface area contributed by atoms with Gasteiger partial charge < -0.3 is 4.74 Å². The van der Waals surface area contributed by atoms with E-state index >= 15 is 0 Å². The molecule has 0 atom stereocenters. The molecule has 0 unspecified atom stereocenters. The molecule has 3 heteroatoms. The van der Waals surface area contributed by atoms with E-state index in [2.05, 4.69) is 18.9 Å². The van der Waals surface area contributed by atoms with Crippen molar-refractivity contribution in [2.75, 3.05) is 6.61 Å². The van der Waals surface area contributed by atoms with E-state index in [-0.39, 0.29) is 0 Å². The molecule has 2 heterocycles. The molecule has 0 amide bonds. The van der Waals surface area contributed by atoms with Gasteiger partial charge in [-0.3, -0.25) is 0 Å². The fourth-order valence-corrected chi connectivity index (χ4v) is 1.70. The lowest BCUT2D eigenvalue weighted by Gasteiger charge is -2.16. The Bertz CT molecular complexity index is 291. The first kappa shape index (κ1) is 8.60. The van der Waals surface area contributed by atoms with Crippen LogP contribution in [0.15, 0.2) is 6.20 Å². The zero-order valence-corrected chi connectivity index (χ0v) is 8.29. The highest BCUT2D eigenvalue weighted by Gasteiger charge is 2.16. The standard InChI is InChI=1S/C10H16N2O/c1-8(2)6-9-7-11-12-4-3-5-13-10(9)12/h7-8H,3-6H2,1-2H3. The normalized spacial score (nSPS) is 15.6. The third-order valence-electron chi connectivity index (χ3n) is 2.24. The highest BCUT2D eigenvalue weighted by molar-refractivity contribution is 5.25. The Hall–Kier alpha value is -0.990. The number of nitrogens with zero attached hydrogens (tertiary/aromatic N) is 2. The second kappa shape index (κ2) is 3.40. The summed E-state index contributed by atoms with van der Waals surface area (Å²) in [4.78, 5) is 0. The van der Waals surface area contributed by atoms with Crippen molar-refractivity contribution in [3.63, 3.8) is 0 Å². The van der Waals surface area contributed by atoms with E-state index < -0.39 is 0 Å². The zero-order valence-electron chi connectivity index (χ0n) is 8.29.